The molecule has 3 N–H and O–H groups in total. The summed E-state index contributed by atoms with van der Waals surface area (Å²) in [5, 5.41) is 2.69. The van der Waals surface area contributed by atoms with E-state index in [0.717, 1.165) is 23.7 Å². The first-order chi connectivity index (χ1) is 13.9. The summed E-state index contributed by atoms with van der Waals surface area (Å²) in [6, 6.07) is 7.19. The van der Waals surface area contributed by atoms with E-state index in [1.54, 1.807) is 18.2 Å². The van der Waals surface area contributed by atoms with Crippen LogP contribution in [0.4, 0.5) is 5.69 Å². The summed E-state index contributed by atoms with van der Waals surface area (Å²) in [7, 11) is 0. The summed E-state index contributed by atoms with van der Waals surface area (Å²) in [4.78, 5) is 36.6. The Labute approximate surface area is 178 Å². The first-order valence-electron chi connectivity index (χ1n) is 10.1. The number of amides is 3. The Kier molecular flexibility index (Phi) is 5.92. The summed E-state index contributed by atoms with van der Waals surface area (Å²) in [6.07, 6.45) is 6.59. The Morgan fingerprint density at radius 2 is 1.59 bits per heavy atom. The maximum absolute atomic E-state index is 12.8. The molecule has 8 heteroatoms. The van der Waals surface area contributed by atoms with E-state index in [1.807, 2.05) is 6.07 Å². The third-order valence-electron chi connectivity index (χ3n) is 6.41. The molecule has 7 nitrogen and oxygen atoms in total. The number of hydrogen-bond acceptors (Lipinski definition) is 4. The van der Waals surface area contributed by atoms with Crippen molar-refractivity contribution in [3.05, 3.63) is 28.7 Å². The molecule has 0 aliphatic heterocycles. The number of rotatable bonds is 6. The molecule has 1 aromatic rings. The van der Waals surface area contributed by atoms with Crippen LogP contribution in [0.2, 0.25) is 0 Å². The molecule has 0 unspecified atom stereocenters. The van der Waals surface area contributed by atoms with Crippen LogP contribution in [-0.2, 0) is 19.1 Å². The van der Waals surface area contributed by atoms with Crippen molar-refractivity contribution in [3.63, 3.8) is 0 Å². The zero-order valence-electron chi connectivity index (χ0n) is 16.2. The number of anilines is 1. The van der Waals surface area contributed by atoms with Gasteiger partial charge in [0.25, 0.3) is 5.91 Å². The van der Waals surface area contributed by atoms with Crippen LogP contribution >= 0.6 is 15.9 Å². The molecule has 0 spiro atoms. The minimum Gasteiger partial charge on any atom is -0.362 e. The van der Waals surface area contributed by atoms with Crippen molar-refractivity contribution in [3.8, 4) is 0 Å². The van der Waals surface area contributed by atoms with E-state index in [9.17, 15) is 14.4 Å². The van der Waals surface area contributed by atoms with Crippen molar-refractivity contribution in [1.82, 2.24) is 10.9 Å². The molecule has 29 heavy (non-hydrogen) atoms. The van der Waals surface area contributed by atoms with Gasteiger partial charge in [0.05, 0.1) is 5.41 Å². The number of hydrogen-bond donors (Lipinski definition) is 3. The highest BCUT2D eigenvalue weighted by Gasteiger charge is 2.54. The molecule has 3 amide bonds. The van der Waals surface area contributed by atoms with Crippen LogP contribution in [0, 0.1) is 23.2 Å². The molecular weight excluding hydrogens is 438 g/mol. The molecule has 0 heterocycles. The lowest BCUT2D eigenvalue weighted by Gasteiger charge is -2.55. The van der Waals surface area contributed by atoms with E-state index in [0.29, 0.717) is 23.4 Å². The predicted molar refractivity (Wildman–Crippen MR) is 110 cm³/mol. The van der Waals surface area contributed by atoms with E-state index in [4.69, 9.17) is 4.74 Å². The quantitative estimate of drug-likeness (QED) is 0.565. The van der Waals surface area contributed by atoms with Crippen molar-refractivity contribution in [2.75, 3.05) is 18.5 Å². The molecule has 1 aromatic carbocycles. The third-order valence-corrected chi connectivity index (χ3v) is 6.90. The Balaban J connectivity index is 1.17. The maximum atomic E-state index is 12.8. The number of nitrogens with one attached hydrogen (secondary N) is 3. The lowest BCUT2D eigenvalue weighted by atomic mass is 9.49. The fourth-order valence-electron chi connectivity index (χ4n) is 5.68. The Hall–Kier alpha value is -1.93. The summed E-state index contributed by atoms with van der Waals surface area (Å²) in [5.74, 6) is 1.09. The normalized spacial score (nSPS) is 29.3. The molecule has 4 aliphatic carbocycles. The minimum atomic E-state index is -0.474. The topological polar surface area (TPSA) is 96.5 Å². The second-order valence-corrected chi connectivity index (χ2v) is 9.67. The largest absolute Gasteiger partial charge is 0.362 e. The zero-order chi connectivity index (χ0) is 20.4. The molecular formula is C21H26BrN3O4. The van der Waals surface area contributed by atoms with Gasteiger partial charge in [-0.3, -0.25) is 25.2 Å². The molecule has 4 bridgehead atoms. The number of halogens is 1. The van der Waals surface area contributed by atoms with Crippen LogP contribution in [0.3, 0.4) is 0 Å². The maximum Gasteiger partial charge on any atom is 0.264 e. The van der Waals surface area contributed by atoms with Crippen LogP contribution < -0.4 is 16.2 Å². The van der Waals surface area contributed by atoms with Gasteiger partial charge in [0.2, 0.25) is 11.8 Å². The summed E-state index contributed by atoms with van der Waals surface area (Å²) in [6.45, 7) is -0.546. The highest BCUT2D eigenvalue weighted by Crippen LogP contribution is 2.60. The second-order valence-electron chi connectivity index (χ2n) is 8.75. The van der Waals surface area contributed by atoms with Crippen LogP contribution in [-0.4, -0.2) is 30.9 Å². The van der Waals surface area contributed by atoms with Crippen molar-refractivity contribution in [1.29, 1.82) is 0 Å². The molecule has 0 radical (unpaired) electrons. The first-order valence-corrected chi connectivity index (χ1v) is 10.9. The lowest BCUT2D eigenvalue weighted by Crippen LogP contribution is -2.57. The van der Waals surface area contributed by atoms with Crippen molar-refractivity contribution < 1.29 is 19.1 Å². The average molecular weight is 464 g/mol. The van der Waals surface area contributed by atoms with Gasteiger partial charge in [0.15, 0.2) is 0 Å². The van der Waals surface area contributed by atoms with Gasteiger partial charge < -0.3 is 10.1 Å². The van der Waals surface area contributed by atoms with Crippen LogP contribution in [0.15, 0.2) is 28.7 Å². The zero-order valence-corrected chi connectivity index (χ0v) is 17.8. The van der Waals surface area contributed by atoms with Gasteiger partial charge in [0.1, 0.15) is 13.2 Å². The van der Waals surface area contributed by atoms with Gasteiger partial charge >= 0.3 is 0 Å². The molecule has 4 fully saturated rings. The predicted octanol–water partition coefficient (Wildman–Crippen LogP) is 2.77. The highest BCUT2D eigenvalue weighted by molar-refractivity contribution is 9.10. The summed E-state index contributed by atoms with van der Waals surface area (Å²) >= 11 is 3.33. The van der Waals surface area contributed by atoms with E-state index in [-0.39, 0.29) is 30.4 Å². The van der Waals surface area contributed by atoms with Crippen molar-refractivity contribution in [2.24, 2.45) is 23.2 Å². The van der Waals surface area contributed by atoms with Crippen molar-refractivity contribution >= 4 is 39.3 Å². The van der Waals surface area contributed by atoms with E-state index in [1.165, 1.54) is 19.3 Å². The average Bonchev–Trinajstić information content (AvgIpc) is 2.65. The molecule has 0 saturated heterocycles. The number of hydrazine groups is 1. The Morgan fingerprint density at radius 3 is 2.21 bits per heavy atom. The number of carbonyl (C=O) groups excluding carboxylic acids is 3. The van der Waals surface area contributed by atoms with E-state index >= 15 is 0 Å². The van der Waals surface area contributed by atoms with Gasteiger partial charge in [0, 0.05) is 10.2 Å². The molecule has 4 aliphatic rings. The monoisotopic (exact) mass is 463 g/mol. The fraction of sp³-hybridized carbons (Fsp3) is 0.571. The van der Waals surface area contributed by atoms with Gasteiger partial charge in [-0.2, -0.15) is 0 Å². The smallest absolute Gasteiger partial charge is 0.264 e. The number of ether oxygens (including phenoxy) is 1. The summed E-state index contributed by atoms with van der Waals surface area (Å²) in [5.41, 5.74) is 5.36. The van der Waals surface area contributed by atoms with Gasteiger partial charge in [-0.05, 0) is 74.5 Å². The summed E-state index contributed by atoms with van der Waals surface area (Å²) < 4.78 is 6.01. The Bertz CT molecular complexity index is 778. The number of benzene rings is 1. The third kappa shape index (κ3) is 4.80. The highest BCUT2D eigenvalue weighted by atomic mass is 79.9. The number of carbonyl (C=O) groups is 3. The van der Waals surface area contributed by atoms with Crippen LogP contribution in [0.1, 0.15) is 38.5 Å². The van der Waals surface area contributed by atoms with Gasteiger partial charge in [-0.25, -0.2) is 0 Å². The minimum absolute atomic E-state index is 0.0719. The molecule has 0 atom stereocenters. The lowest BCUT2D eigenvalue weighted by molar-refractivity contribution is -0.149. The van der Waals surface area contributed by atoms with Crippen molar-refractivity contribution in [2.45, 2.75) is 38.5 Å². The SMILES string of the molecule is O=C(COCC(=O)Nc1cccc(Br)c1)NNC(=O)C12CC3CC(CC(C3)C1)C2. The van der Waals surface area contributed by atoms with Gasteiger partial charge in [-0.15, -0.1) is 0 Å². The van der Waals surface area contributed by atoms with Crippen LogP contribution in [0.25, 0.3) is 0 Å². The standard InChI is InChI=1S/C21H26BrN3O4/c22-16-2-1-3-17(7-16)23-18(26)11-29-12-19(27)24-25-20(28)21-8-13-4-14(9-21)6-15(5-13)10-21/h1-3,7,13-15H,4-6,8-12H2,(H,23,26)(H,24,27)(H,25,28). The molecule has 4 saturated carbocycles. The Morgan fingerprint density at radius 1 is 0.966 bits per heavy atom. The second kappa shape index (κ2) is 8.44. The van der Waals surface area contributed by atoms with Crippen LogP contribution in [0.5, 0.6) is 0 Å². The van der Waals surface area contributed by atoms with E-state index in [2.05, 4.69) is 32.1 Å². The van der Waals surface area contributed by atoms with Gasteiger partial charge in [-0.1, -0.05) is 22.0 Å². The molecule has 0 aromatic heterocycles. The van der Waals surface area contributed by atoms with E-state index < -0.39 is 5.91 Å². The first kappa shape index (κ1) is 20.3. The fourth-order valence-corrected chi connectivity index (χ4v) is 6.08. The molecule has 5 rings (SSSR count). The molecule has 156 valence electrons.